The Hall–Kier alpha value is -1.81. The number of unbranched alkanes of at least 4 members (excludes halogenated alkanes) is 1. The molecule has 0 amide bonds. The van der Waals surface area contributed by atoms with Gasteiger partial charge in [-0.05, 0) is 0 Å². The van der Waals surface area contributed by atoms with Crippen LogP contribution >= 0.6 is 0 Å². The third-order valence-corrected chi connectivity index (χ3v) is 11.0. The first kappa shape index (κ1) is 23.8. The summed E-state index contributed by atoms with van der Waals surface area (Å²) in [5.41, 5.74) is 3.67. The number of rotatable bonds is 9. The van der Waals surface area contributed by atoms with Crippen LogP contribution in [0.25, 0.3) is 22.6 Å². The van der Waals surface area contributed by atoms with Crippen LogP contribution in [0, 0.1) is 6.92 Å². The standard InChI is InChI=1S/C23H34IN5O2/c1-7-11-12-28-19-14-17(15-24-29(8-2,9-3)10-4)16(5)13-18(19)25-20-21(28)26-23(31)27(6)22(20)30/h13-14H,7-12,15H2,1-6H3. The zero-order valence-corrected chi connectivity index (χ0v) is 21.7. The molecule has 0 unspecified atom stereocenters. The van der Waals surface area contributed by atoms with E-state index in [1.165, 1.54) is 40.5 Å². The Morgan fingerprint density at radius 3 is 2.32 bits per heavy atom. The summed E-state index contributed by atoms with van der Waals surface area (Å²) in [6.45, 7) is 15.4. The van der Waals surface area contributed by atoms with E-state index < -0.39 is 5.69 Å². The van der Waals surface area contributed by atoms with Gasteiger partial charge in [0.1, 0.15) is 0 Å². The van der Waals surface area contributed by atoms with Crippen LogP contribution in [0.3, 0.4) is 0 Å². The van der Waals surface area contributed by atoms with Crippen molar-refractivity contribution in [2.24, 2.45) is 7.05 Å². The molecule has 8 heteroatoms. The van der Waals surface area contributed by atoms with Gasteiger partial charge in [0.15, 0.2) is 0 Å². The summed E-state index contributed by atoms with van der Waals surface area (Å²) in [4.78, 5) is 33.9. The molecule has 1 aromatic rings. The van der Waals surface area contributed by atoms with E-state index in [0.717, 1.165) is 32.9 Å². The fourth-order valence-corrected chi connectivity index (χ4v) is 7.27. The third-order valence-electron chi connectivity index (χ3n) is 6.31. The van der Waals surface area contributed by atoms with E-state index in [1.807, 2.05) is 4.57 Å². The van der Waals surface area contributed by atoms with Crippen molar-refractivity contribution in [2.45, 2.75) is 58.4 Å². The third kappa shape index (κ3) is 4.55. The monoisotopic (exact) mass is 539 g/mol. The number of benzene rings is 1. The molecular weight excluding hydrogens is 505 g/mol. The van der Waals surface area contributed by atoms with E-state index >= 15 is 0 Å². The Labute approximate surface area is 194 Å². The van der Waals surface area contributed by atoms with Crippen LogP contribution in [0.4, 0.5) is 0 Å². The number of hydrogen-bond donors (Lipinski definition) is 0. The summed E-state index contributed by atoms with van der Waals surface area (Å²) < 4.78 is 5.37. The Morgan fingerprint density at radius 1 is 1.03 bits per heavy atom. The van der Waals surface area contributed by atoms with E-state index in [2.05, 4.69) is 56.7 Å². The van der Waals surface area contributed by atoms with Gasteiger partial charge in [-0.3, -0.25) is 0 Å². The van der Waals surface area contributed by atoms with Crippen molar-refractivity contribution < 1.29 is 24.2 Å². The first-order chi connectivity index (χ1) is 14.8. The van der Waals surface area contributed by atoms with E-state index in [9.17, 15) is 9.59 Å². The molecule has 0 aliphatic carbocycles. The van der Waals surface area contributed by atoms with E-state index in [-0.39, 0.29) is 32.7 Å². The molecular formula is C23H34IN5O2. The van der Waals surface area contributed by atoms with Crippen molar-refractivity contribution in [2.75, 3.05) is 19.6 Å². The molecule has 2 heterocycles. The molecule has 1 aromatic carbocycles. The van der Waals surface area contributed by atoms with Crippen LogP contribution in [0.5, 0.6) is 0 Å². The van der Waals surface area contributed by atoms with Gasteiger partial charge in [0, 0.05) is 0 Å². The van der Waals surface area contributed by atoms with Gasteiger partial charge in [-0.25, -0.2) is 0 Å². The molecule has 0 spiro atoms. The topological polar surface area (TPSA) is 69.8 Å². The first-order valence-electron chi connectivity index (χ1n) is 11.2. The molecule has 0 saturated heterocycles. The molecule has 0 N–H and O–H groups in total. The molecule has 0 atom stereocenters. The second-order valence-electron chi connectivity index (χ2n) is 8.05. The molecule has 3 rings (SSSR count). The number of quaternary nitrogens is 1. The molecule has 170 valence electrons. The van der Waals surface area contributed by atoms with Gasteiger partial charge in [0.2, 0.25) is 0 Å². The number of aryl methyl sites for hydroxylation is 2. The quantitative estimate of drug-likeness (QED) is 0.167. The Kier molecular flexibility index (Phi) is 7.51. The van der Waals surface area contributed by atoms with Crippen molar-refractivity contribution >= 4 is 11.0 Å². The average molecular weight is 539 g/mol. The van der Waals surface area contributed by atoms with E-state index in [1.54, 1.807) is 0 Å². The first-order valence-corrected chi connectivity index (χ1v) is 13.7. The predicted octanol–water partition coefficient (Wildman–Crippen LogP) is 0.0840. The summed E-state index contributed by atoms with van der Waals surface area (Å²) in [5.74, 6) is 0.402. The minimum atomic E-state index is -0.530. The zero-order chi connectivity index (χ0) is 22.8. The summed E-state index contributed by atoms with van der Waals surface area (Å²) in [5, 5.41) is 0. The molecule has 0 saturated carbocycles. The van der Waals surface area contributed by atoms with Crippen molar-refractivity contribution in [3.8, 4) is 11.5 Å². The number of alkyl halides is 1. The van der Waals surface area contributed by atoms with Crippen LogP contribution < -0.4 is 32.7 Å². The molecule has 2 aliphatic heterocycles. The van der Waals surface area contributed by atoms with Gasteiger partial charge in [0.05, 0.1) is 0 Å². The van der Waals surface area contributed by atoms with Crippen molar-refractivity contribution in [3.05, 3.63) is 44.1 Å². The molecule has 0 fully saturated rings. The van der Waals surface area contributed by atoms with Crippen LogP contribution in [0.2, 0.25) is 0 Å². The number of hydrogen-bond acceptors (Lipinski definition) is 4. The van der Waals surface area contributed by atoms with Crippen molar-refractivity contribution in [3.63, 3.8) is 0 Å². The SMILES string of the molecule is CCCCn1c2nc(=O)n(C)c(=O)c-2nc2cc(C)c(C[I-][N+](CC)(CC)CC)cc21. The zero-order valence-electron chi connectivity index (χ0n) is 19.5. The minimum absolute atomic E-state index is 0.0628. The summed E-state index contributed by atoms with van der Waals surface area (Å²) in [6.07, 6.45) is 1.96. The number of fused-ring (bicyclic) bond motifs is 2. The fourth-order valence-electron chi connectivity index (χ4n) is 3.91. The van der Waals surface area contributed by atoms with Crippen molar-refractivity contribution in [1.29, 1.82) is 0 Å². The molecule has 0 bridgehead atoms. The summed E-state index contributed by atoms with van der Waals surface area (Å²) in [7, 11) is 1.46. The van der Waals surface area contributed by atoms with E-state index in [0.29, 0.717) is 12.4 Å². The number of nitrogens with zero attached hydrogens (tertiary/aromatic N) is 5. The van der Waals surface area contributed by atoms with Gasteiger partial charge in [-0.15, -0.1) is 0 Å². The van der Waals surface area contributed by atoms with Gasteiger partial charge in [-0.1, -0.05) is 0 Å². The van der Waals surface area contributed by atoms with Gasteiger partial charge < -0.3 is 0 Å². The van der Waals surface area contributed by atoms with Crippen LogP contribution in [0.15, 0.2) is 21.7 Å². The van der Waals surface area contributed by atoms with Crippen LogP contribution in [-0.2, 0) is 18.0 Å². The molecule has 31 heavy (non-hydrogen) atoms. The maximum atomic E-state index is 12.7. The van der Waals surface area contributed by atoms with Crippen LogP contribution in [0.1, 0.15) is 51.7 Å². The molecule has 7 nitrogen and oxygen atoms in total. The van der Waals surface area contributed by atoms with Crippen molar-refractivity contribution in [1.82, 2.24) is 19.1 Å². The Bertz CT molecular complexity index is 1160. The van der Waals surface area contributed by atoms with Gasteiger partial charge in [-0.2, -0.15) is 0 Å². The second-order valence-corrected chi connectivity index (χ2v) is 11.5. The Morgan fingerprint density at radius 2 is 1.71 bits per heavy atom. The molecule has 2 aliphatic rings. The normalized spacial score (nSPS) is 12.3. The number of aromatic nitrogens is 4. The fraction of sp³-hybridized carbons (Fsp3) is 0.565. The number of halogens is 1. The van der Waals surface area contributed by atoms with Crippen LogP contribution in [-0.4, -0.2) is 41.4 Å². The predicted molar refractivity (Wildman–Crippen MR) is 121 cm³/mol. The molecule has 0 aromatic heterocycles. The maximum absolute atomic E-state index is 12.7. The summed E-state index contributed by atoms with van der Waals surface area (Å²) in [6, 6.07) is 4.32. The average Bonchev–Trinajstić information content (AvgIpc) is 2.77. The molecule has 0 radical (unpaired) electrons. The van der Waals surface area contributed by atoms with Gasteiger partial charge >= 0.3 is 195 Å². The van der Waals surface area contributed by atoms with Gasteiger partial charge in [0.25, 0.3) is 0 Å². The Balaban J connectivity index is 2.21. The second kappa shape index (κ2) is 9.77. The van der Waals surface area contributed by atoms with E-state index in [4.69, 9.17) is 0 Å². The summed E-state index contributed by atoms with van der Waals surface area (Å²) >= 11 is -0.0628.